The van der Waals surface area contributed by atoms with Crippen molar-refractivity contribution in [2.75, 3.05) is 6.54 Å². The minimum absolute atomic E-state index is 0.920. The zero-order valence-electron chi connectivity index (χ0n) is 7.99. The molecule has 1 aromatic rings. The lowest BCUT2D eigenvalue weighted by Gasteiger charge is -2.21. The molecule has 0 saturated carbocycles. The number of hydrogen-bond donors (Lipinski definition) is 0. The Morgan fingerprint density at radius 3 is 2.71 bits per heavy atom. The van der Waals surface area contributed by atoms with E-state index in [-0.39, 0.29) is 0 Å². The highest BCUT2D eigenvalue weighted by Crippen LogP contribution is 2.13. The van der Waals surface area contributed by atoms with Crippen molar-refractivity contribution in [2.45, 2.75) is 19.4 Å². The van der Waals surface area contributed by atoms with E-state index in [1.54, 1.807) is 0 Å². The van der Waals surface area contributed by atoms with Gasteiger partial charge in [-0.1, -0.05) is 28.1 Å². The van der Waals surface area contributed by atoms with Crippen LogP contribution in [0.25, 0.3) is 0 Å². The van der Waals surface area contributed by atoms with Crippen molar-refractivity contribution < 1.29 is 0 Å². The van der Waals surface area contributed by atoms with E-state index in [9.17, 15) is 0 Å². The van der Waals surface area contributed by atoms with Crippen molar-refractivity contribution in [3.05, 3.63) is 34.3 Å². The molecule has 0 unspecified atom stereocenters. The predicted octanol–water partition coefficient (Wildman–Crippen LogP) is 3.03. The number of halogens is 1. The van der Waals surface area contributed by atoms with E-state index >= 15 is 0 Å². The van der Waals surface area contributed by atoms with Gasteiger partial charge in [-0.2, -0.15) is 5.10 Å². The first-order valence-corrected chi connectivity index (χ1v) is 5.66. The van der Waals surface area contributed by atoms with E-state index < -0.39 is 0 Å². The average molecular weight is 253 g/mol. The molecule has 0 bridgehead atoms. The van der Waals surface area contributed by atoms with Gasteiger partial charge in [0.15, 0.2) is 0 Å². The molecule has 0 atom stereocenters. The minimum Gasteiger partial charge on any atom is -0.293 e. The third-order valence-electron chi connectivity index (χ3n) is 2.27. The van der Waals surface area contributed by atoms with Gasteiger partial charge < -0.3 is 0 Å². The summed E-state index contributed by atoms with van der Waals surface area (Å²) in [6.07, 6.45) is 4.35. The molecular weight excluding hydrogens is 240 g/mol. The predicted molar refractivity (Wildman–Crippen MR) is 62.3 cm³/mol. The molecule has 0 radical (unpaired) electrons. The second-order valence-corrected chi connectivity index (χ2v) is 4.37. The van der Waals surface area contributed by atoms with Crippen LogP contribution in [0.1, 0.15) is 18.4 Å². The normalized spacial score (nSPS) is 15.9. The highest BCUT2D eigenvalue weighted by atomic mass is 79.9. The van der Waals surface area contributed by atoms with Crippen molar-refractivity contribution in [3.8, 4) is 0 Å². The SMILES string of the molecule is Brc1ccc(CN2CCCC=N2)cc1. The number of rotatable bonds is 2. The van der Waals surface area contributed by atoms with Crippen LogP contribution in [-0.4, -0.2) is 17.8 Å². The van der Waals surface area contributed by atoms with E-state index in [1.165, 1.54) is 12.0 Å². The second kappa shape index (κ2) is 4.60. The fourth-order valence-electron chi connectivity index (χ4n) is 1.52. The molecule has 2 nitrogen and oxygen atoms in total. The molecule has 1 aromatic carbocycles. The summed E-state index contributed by atoms with van der Waals surface area (Å²) < 4.78 is 1.13. The van der Waals surface area contributed by atoms with Crippen molar-refractivity contribution in [1.82, 2.24) is 5.01 Å². The number of hydrogen-bond acceptors (Lipinski definition) is 2. The van der Waals surface area contributed by atoms with E-state index in [4.69, 9.17) is 0 Å². The van der Waals surface area contributed by atoms with Crippen LogP contribution < -0.4 is 0 Å². The highest BCUT2D eigenvalue weighted by molar-refractivity contribution is 9.10. The molecule has 0 saturated heterocycles. The largest absolute Gasteiger partial charge is 0.293 e. The van der Waals surface area contributed by atoms with Crippen LogP contribution in [-0.2, 0) is 6.54 Å². The van der Waals surface area contributed by atoms with Gasteiger partial charge in [0, 0.05) is 17.2 Å². The molecule has 0 aromatic heterocycles. The van der Waals surface area contributed by atoms with Crippen LogP contribution in [0.5, 0.6) is 0 Å². The lowest BCUT2D eigenvalue weighted by atomic mass is 10.2. The van der Waals surface area contributed by atoms with Crippen molar-refractivity contribution >= 4 is 22.1 Å². The summed E-state index contributed by atoms with van der Waals surface area (Å²) in [6.45, 7) is 2.00. The third kappa shape index (κ3) is 2.58. The lowest BCUT2D eigenvalue weighted by molar-refractivity contribution is 0.268. The molecule has 14 heavy (non-hydrogen) atoms. The van der Waals surface area contributed by atoms with Crippen LogP contribution >= 0.6 is 15.9 Å². The molecule has 0 spiro atoms. The lowest BCUT2D eigenvalue weighted by Crippen LogP contribution is -2.21. The van der Waals surface area contributed by atoms with Crippen LogP contribution in [0.15, 0.2) is 33.8 Å². The molecule has 3 heteroatoms. The van der Waals surface area contributed by atoms with Gasteiger partial charge in [0.05, 0.1) is 6.54 Å². The summed E-state index contributed by atoms with van der Waals surface area (Å²) in [7, 11) is 0. The molecule has 0 fully saturated rings. The molecule has 0 N–H and O–H groups in total. The first-order chi connectivity index (χ1) is 6.84. The molecule has 74 valence electrons. The Balaban J connectivity index is 1.99. The Morgan fingerprint density at radius 1 is 1.29 bits per heavy atom. The Labute approximate surface area is 92.7 Å². The second-order valence-electron chi connectivity index (χ2n) is 3.45. The Bertz CT molecular complexity index is 319. The molecule has 2 rings (SSSR count). The highest BCUT2D eigenvalue weighted by Gasteiger charge is 2.04. The summed E-state index contributed by atoms with van der Waals surface area (Å²) in [5.41, 5.74) is 1.31. The fourth-order valence-corrected chi connectivity index (χ4v) is 1.78. The Kier molecular flexibility index (Phi) is 3.19. The van der Waals surface area contributed by atoms with Crippen LogP contribution in [0.4, 0.5) is 0 Å². The summed E-state index contributed by atoms with van der Waals surface area (Å²) in [6, 6.07) is 8.41. The molecule has 1 aliphatic rings. The molecule has 1 aliphatic heterocycles. The number of nitrogens with zero attached hydrogens (tertiary/aromatic N) is 2. The van der Waals surface area contributed by atoms with E-state index in [2.05, 4.69) is 50.3 Å². The van der Waals surface area contributed by atoms with Crippen molar-refractivity contribution in [2.24, 2.45) is 5.10 Å². The monoisotopic (exact) mass is 252 g/mol. The van der Waals surface area contributed by atoms with Crippen molar-refractivity contribution in [1.29, 1.82) is 0 Å². The zero-order valence-corrected chi connectivity index (χ0v) is 9.57. The van der Waals surface area contributed by atoms with Gasteiger partial charge in [0.25, 0.3) is 0 Å². The van der Waals surface area contributed by atoms with Crippen LogP contribution in [0, 0.1) is 0 Å². The fraction of sp³-hybridized carbons (Fsp3) is 0.364. The van der Waals surface area contributed by atoms with Gasteiger partial charge in [-0.25, -0.2) is 0 Å². The maximum atomic E-state index is 4.34. The first-order valence-electron chi connectivity index (χ1n) is 4.86. The minimum atomic E-state index is 0.920. The van der Waals surface area contributed by atoms with Crippen LogP contribution in [0.2, 0.25) is 0 Å². The van der Waals surface area contributed by atoms with E-state index in [0.29, 0.717) is 0 Å². The van der Waals surface area contributed by atoms with Crippen LogP contribution in [0.3, 0.4) is 0 Å². The van der Waals surface area contributed by atoms with Gasteiger partial charge >= 0.3 is 0 Å². The Morgan fingerprint density at radius 2 is 2.07 bits per heavy atom. The van der Waals surface area contributed by atoms with Gasteiger partial charge in [-0.3, -0.25) is 5.01 Å². The standard InChI is InChI=1S/C11H13BrN2/c12-11-5-3-10(4-6-11)9-14-8-2-1-7-13-14/h3-7H,1-2,8-9H2. The molecule has 0 aliphatic carbocycles. The Hall–Kier alpha value is -0.830. The first kappa shape index (κ1) is 9.71. The summed E-state index contributed by atoms with van der Waals surface area (Å²) in [5.74, 6) is 0. The van der Waals surface area contributed by atoms with Gasteiger partial charge in [0.2, 0.25) is 0 Å². The topological polar surface area (TPSA) is 15.6 Å². The van der Waals surface area contributed by atoms with Gasteiger partial charge in [-0.05, 0) is 30.5 Å². The third-order valence-corrected chi connectivity index (χ3v) is 2.80. The number of hydrazone groups is 1. The smallest absolute Gasteiger partial charge is 0.0610 e. The molecule has 0 amide bonds. The van der Waals surface area contributed by atoms with Crippen molar-refractivity contribution in [3.63, 3.8) is 0 Å². The summed E-state index contributed by atoms with van der Waals surface area (Å²) in [4.78, 5) is 0. The summed E-state index contributed by atoms with van der Waals surface area (Å²) >= 11 is 3.43. The average Bonchev–Trinajstić information content (AvgIpc) is 2.23. The zero-order chi connectivity index (χ0) is 9.80. The van der Waals surface area contributed by atoms with Gasteiger partial charge in [-0.15, -0.1) is 0 Å². The molecule has 1 heterocycles. The van der Waals surface area contributed by atoms with Gasteiger partial charge in [0.1, 0.15) is 0 Å². The maximum Gasteiger partial charge on any atom is 0.0610 e. The summed E-state index contributed by atoms with van der Waals surface area (Å²) in [5, 5.41) is 6.46. The number of benzene rings is 1. The van der Waals surface area contributed by atoms with E-state index in [1.807, 2.05) is 6.21 Å². The molecular formula is C11H13BrN2. The quantitative estimate of drug-likeness (QED) is 0.791. The van der Waals surface area contributed by atoms with E-state index in [0.717, 1.165) is 24.0 Å². The maximum absolute atomic E-state index is 4.34.